The lowest BCUT2D eigenvalue weighted by Crippen LogP contribution is -2.03. The molecule has 122 valence electrons. The van der Waals surface area contributed by atoms with Crippen LogP contribution >= 0.6 is 23.2 Å². The van der Waals surface area contributed by atoms with Crippen molar-refractivity contribution in [1.82, 2.24) is 15.2 Å². The normalized spacial score (nSPS) is 10.3. The number of nitrogens with one attached hydrogen (secondary N) is 2. The molecule has 0 saturated carbocycles. The van der Waals surface area contributed by atoms with Gasteiger partial charge in [-0.25, -0.2) is 0 Å². The van der Waals surface area contributed by atoms with Crippen LogP contribution in [0.25, 0.3) is 0 Å². The standard InChI is InChI=1S/C16H13Cl2N5O/c1-24-14-5-3-2-4-13(14)21-16-22-15(9-19-23-16)20-12-7-6-10(17)8-11(12)18/h2-9H,1H3,(H2,20,21,22,23). The van der Waals surface area contributed by atoms with Crippen molar-refractivity contribution >= 4 is 46.3 Å². The summed E-state index contributed by atoms with van der Waals surface area (Å²) in [4.78, 5) is 4.36. The van der Waals surface area contributed by atoms with E-state index in [4.69, 9.17) is 27.9 Å². The minimum absolute atomic E-state index is 0.328. The first-order valence-electron chi connectivity index (χ1n) is 6.97. The fraction of sp³-hybridized carbons (Fsp3) is 0.0625. The summed E-state index contributed by atoms with van der Waals surface area (Å²) in [5.41, 5.74) is 1.41. The number of hydrogen-bond donors (Lipinski definition) is 2. The number of para-hydroxylation sites is 2. The van der Waals surface area contributed by atoms with Gasteiger partial charge in [0.05, 0.1) is 29.7 Å². The van der Waals surface area contributed by atoms with Crippen LogP contribution in [0, 0.1) is 0 Å². The second-order valence-electron chi connectivity index (χ2n) is 4.74. The Morgan fingerprint density at radius 3 is 2.62 bits per heavy atom. The summed E-state index contributed by atoms with van der Waals surface area (Å²) in [6.07, 6.45) is 1.50. The van der Waals surface area contributed by atoms with Crippen LogP contribution in [0.3, 0.4) is 0 Å². The Morgan fingerprint density at radius 2 is 1.83 bits per heavy atom. The summed E-state index contributed by atoms with van der Waals surface area (Å²) >= 11 is 12.0. The van der Waals surface area contributed by atoms with Gasteiger partial charge in [0, 0.05) is 5.02 Å². The van der Waals surface area contributed by atoms with E-state index < -0.39 is 0 Å². The minimum atomic E-state index is 0.328. The molecule has 6 nitrogen and oxygen atoms in total. The average molecular weight is 362 g/mol. The van der Waals surface area contributed by atoms with Crippen LogP contribution in [0.15, 0.2) is 48.7 Å². The van der Waals surface area contributed by atoms with E-state index in [1.807, 2.05) is 24.3 Å². The predicted octanol–water partition coefficient (Wildman–Crippen LogP) is 4.67. The molecule has 0 atom stereocenters. The van der Waals surface area contributed by atoms with E-state index in [0.717, 1.165) is 5.69 Å². The third-order valence-electron chi connectivity index (χ3n) is 3.11. The van der Waals surface area contributed by atoms with Gasteiger partial charge in [-0.1, -0.05) is 35.3 Å². The Balaban J connectivity index is 1.81. The van der Waals surface area contributed by atoms with Gasteiger partial charge in [-0.3, -0.25) is 0 Å². The zero-order valence-corrected chi connectivity index (χ0v) is 14.1. The largest absolute Gasteiger partial charge is 0.495 e. The number of rotatable bonds is 5. The molecule has 0 amide bonds. The highest BCUT2D eigenvalue weighted by Gasteiger charge is 2.07. The number of hydrogen-bond acceptors (Lipinski definition) is 6. The first kappa shape index (κ1) is 16.3. The van der Waals surface area contributed by atoms with Crippen LogP contribution < -0.4 is 15.4 Å². The molecule has 0 aliphatic rings. The molecular formula is C16H13Cl2N5O. The Morgan fingerprint density at radius 1 is 1.00 bits per heavy atom. The molecule has 0 saturated heterocycles. The van der Waals surface area contributed by atoms with Crippen LogP contribution in [0.5, 0.6) is 5.75 Å². The molecule has 8 heteroatoms. The van der Waals surface area contributed by atoms with E-state index in [1.165, 1.54) is 6.20 Å². The molecule has 0 bridgehead atoms. The van der Waals surface area contributed by atoms with Crippen molar-refractivity contribution in [3.63, 3.8) is 0 Å². The van der Waals surface area contributed by atoms with Crippen molar-refractivity contribution in [1.29, 1.82) is 0 Å². The van der Waals surface area contributed by atoms with Crippen molar-refractivity contribution < 1.29 is 4.74 Å². The van der Waals surface area contributed by atoms with Crippen molar-refractivity contribution in [2.24, 2.45) is 0 Å². The molecule has 3 aromatic rings. The van der Waals surface area contributed by atoms with E-state index in [0.29, 0.717) is 33.2 Å². The number of benzene rings is 2. The summed E-state index contributed by atoms with van der Waals surface area (Å²) in [7, 11) is 1.60. The lowest BCUT2D eigenvalue weighted by Gasteiger charge is -2.11. The molecule has 3 rings (SSSR count). The summed E-state index contributed by atoms with van der Waals surface area (Å²) in [6.45, 7) is 0. The maximum absolute atomic E-state index is 6.15. The van der Waals surface area contributed by atoms with Gasteiger partial charge in [0.15, 0.2) is 5.82 Å². The highest BCUT2D eigenvalue weighted by molar-refractivity contribution is 6.36. The molecule has 0 aliphatic heterocycles. The van der Waals surface area contributed by atoms with Gasteiger partial charge in [-0.2, -0.15) is 10.1 Å². The molecular weight excluding hydrogens is 349 g/mol. The number of nitrogens with zero attached hydrogens (tertiary/aromatic N) is 3. The van der Waals surface area contributed by atoms with Gasteiger partial charge in [-0.05, 0) is 30.3 Å². The Labute approximate surface area is 148 Å². The molecule has 0 aliphatic carbocycles. The maximum Gasteiger partial charge on any atom is 0.249 e. The molecule has 1 heterocycles. The second kappa shape index (κ2) is 7.33. The van der Waals surface area contributed by atoms with E-state index in [9.17, 15) is 0 Å². The first-order chi connectivity index (χ1) is 11.7. The SMILES string of the molecule is COc1ccccc1Nc1nncc(Nc2ccc(Cl)cc2Cl)n1. The molecule has 0 spiro atoms. The van der Waals surface area contributed by atoms with Crippen LogP contribution in [-0.4, -0.2) is 22.3 Å². The van der Waals surface area contributed by atoms with Crippen LogP contribution in [0.2, 0.25) is 10.0 Å². The zero-order chi connectivity index (χ0) is 16.9. The van der Waals surface area contributed by atoms with Crippen molar-refractivity contribution in [3.05, 3.63) is 58.7 Å². The van der Waals surface area contributed by atoms with Gasteiger partial charge in [0.2, 0.25) is 5.95 Å². The average Bonchev–Trinajstić information content (AvgIpc) is 2.58. The summed E-state index contributed by atoms with van der Waals surface area (Å²) in [6, 6.07) is 12.6. The highest BCUT2D eigenvalue weighted by Crippen LogP contribution is 2.28. The van der Waals surface area contributed by atoms with Gasteiger partial charge < -0.3 is 15.4 Å². The highest BCUT2D eigenvalue weighted by atomic mass is 35.5. The molecule has 0 fully saturated rings. The summed E-state index contributed by atoms with van der Waals surface area (Å²) in [5, 5.41) is 15.1. The van der Waals surface area contributed by atoms with E-state index in [1.54, 1.807) is 25.3 Å². The molecule has 1 aromatic heterocycles. The smallest absolute Gasteiger partial charge is 0.249 e. The van der Waals surface area contributed by atoms with Crippen LogP contribution in [-0.2, 0) is 0 Å². The lowest BCUT2D eigenvalue weighted by atomic mass is 10.3. The number of anilines is 4. The third kappa shape index (κ3) is 3.84. The van der Waals surface area contributed by atoms with E-state index >= 15 is 0 Å². The van der Waals surface area contributed by atoms with Gasteiger partial charge in [-0.15, -0.1) is 5.10 Å². The number of ether oxygens (including phenoxy) is 1. The van der Waals surface area contributed by atoms with Gasteiger partial charge in [0.25, 0.3) is 0 Å². The predicted molar refractivity (Wildman–Crippen MR) is 95.8 cm³/mol. The van der Waals surface area contributed by atoms with Crippen molar-refractivity contribution in [2.45, 2.75) is 0 Å². The zero-order valence-electron chi connectivity index (χ0n) is 12.6. The first-order valence-corrected chi connectivity index (χ1v) is 7.73. The quantitative estimate of drug-likeness (QED) is 0.687. The van der Waals surface area contributed by atoms with Crippen molar-refractivity contribution in [2.75, 3.05) is 17.7 Å². The van der Waals surface area contributed by atoms with E-state index in [2.05, 4.69) is 25.8 Å². The Hall–Kier alpha value is -2.57. The minimum Gasteiger partial charge on any atom is -0.495 e. The van der Waals surface area contributed by atoms with Crippen molar-refractivity contribution in [3.8, 4) is 5.75 Å². The monoisotopic (exact) mass is 361 g/mol. The topological polar surface area (TPSA) is 72.0 Å². The van der Waals surface area contributed by atoms with E-state index in [-0.39, 0.29) is 0 Å². The second-order valence-corrected chi connectivity index (χ2v) is 5.58. The molecule has 2 N–H and O–H groups in total. The molecule has 24 heavy (non-hydrogen) atoms. The Kier molecular flexibility index (Phi) is 4.98. The fourth-order valence-corrected chi connectivity index (χ4v) is 2.47. The lowest BCUT2D eigenvalue weighted by molar-refractivity contribution is 0.417. The number of halogens is 2. The number of methoxy groups -OCH3 is 1. The van der Waals surface area contributed by atoms with Gasteiger partial charge in [0.1, 0.15) is 5.75 Å². The summed E-state index contributed by atoms with van der Waals surface area (Å²) < 4.78 is 5.29. The third-order valence-corrected chi connectivity index (χ3v) is 3.65. The van der Waals surface area contributed by atoms with Crippen LogP contribution in [0.1, 0.15) is 0 Å². The molecule has 0 unspecified atom stereocenters. The number of aromatic nitrogens is 3. The summed E-state index contributed by atoms with van der Waals surface area (Å²) in [5.74, 6) is 1.50. The van der Waals surface area contributed by atoms with Crippen LogP contribution in [0.4, 0.5) is 23.1 Å². The molecule has 0 radical (unpaired) electrons. The Bertz CT molecular complexity index is 859. The van der Waals surface area contributed by atoms with Gasteiger partial charge >= 0.3 is 0 Å². The fourth-order valence-electron chi connectivity index (χ4n) is 2.01. The maximum atomic E-state index is 6.15. The molecule has 2 aromatic carbocycles.